The Morgan fingerprint density at radius 1 is 1.38 bits per heavy atom. The van der Waals surface area contributed by atoms with Gasteiger partial charge in [-0.2, -0.15) is 0 Å². The molecule has 1 aromatic carbocycles. The molecule has 0 unspecified atom stereocenters. The lowest BCUT2D eigenvalue weighted by molar-refractivity contribution is 1.50. The quantitative estimate of drug-likeness (QED) is 0.443. The van der Waals surface area contributed by atoms with Crippen LogP contribution in [0, 0.1) is 6.92 Å². The molecular weight excluding hydrogens is 112 g/mol. The molecule has 0 nitrogen and oxygen atoms in total. The molecule has 0 spiro atoms. The van der Waals surface area contributed by atoms with Crippen LogP contribution in [0.15, 0.2) is 24.3 Å². The molecule has 1 heteroatoms. The van der Waals surface area contributed by atoms with E-state index in [-0.39, 0.29) is 0 Å². The zero-order chi connectivity index (χ0) is 5.98. The number of rotatable bonds is 0. The van der Waals surface area contributed by atoms with Crippen molar-refractivity contribution in [2.24, 2.45) is 0 Å². The highest BCUT2D eigenvalue weighted by atomic mass is 28.1. The fourth-order valence-electron chi connectivity index (χ4n) is 0.645. The molecule has 0 heterocycles. The van der Waals surface area contributed by atoms with Crippen molar-refractivity contribution in [3.63, 3.8) is 0 Å². The van der Waals surface area contributed by atoms with Gasteiger partial charge in [0.25, 0.3) is 0 Å². The van der Waals surface area contributed by atoms with E-state index in [1.165, 1.54) is 5.56 Å². The normalized spacial score (nSPS) is 9.25. The average molecular weight is 119 g/mol. The van der Waals surface area contributed by atoms with E-state index in [4.69, 9.17) is 0 Å². The Morgan fingerprint density at radius 3 is 2.50 bits per heavy atom. The van der Waals surface area contributed by atoms with Crippen LogP contribution in [0.1, 0.15) is 5.56 Å². The summed E-state index contributed by atoms with van der Waals surface area (Å²) in [7, 11) is 3.41. The van der Waals surface area contributed by atoms with E-state index in [0.29, 0.717) is 0 Å². The van der Waals surface area contributed by atoms with Crippen LogP contribution < -0.4 is 5.19 Å². The van der Waals surface area contributed by atoms with Gasteiger partial charge >= 0.3 is 0 Å². The Labute approximate surface area is 53.0 Å². The maximum atomic E-state index is 3.41. The van der Waals surface area contributed by atoms with Crippen LogP contribution in [-0.2, 0) is 0 Å². The van der Waals surface area contributed by atoms with Crippen molar-refractivity contribution >= 4 is 15.4 Å². The van der Waals surface area contributed by atoms with Gasteiger partial charge in [-0.15, -0.1) is 0 Å². The van der Waals surface area contributed by atoms with E-state index in [2.05, 4.69) is 29.3 Å². The Kier molecular flexibility index (Phi) is 1.49. The van der Waals surface area contributed by atoms with Gasteiger partial charge in [0.15, 0.2) is 0 Å². The van der Waals surface area contributed by atoms with Gasteiger partial charge in [0, 0.05) is 0 Å². The molecule has 0 amide bonds. The van der Waals surface area contributed by atoms with Crippen LogP contribution in [0.2, 0.25) is 0 Å². The van der Waals surface area contributed by atoms with Crippen LogP contribution in [0.4, 0.5) is 0 Å². The van der Waals surface area contributed by atoms with Crippen molar-refractivity contribution in [2.45, 2.75) is 6.92 Å². The Bertz CT molecular complexity index is 164. The van der Waals surface area contributed by atoms with Gasteiger partial charge in [-0.3, -0.25) is 0 Å². The molecule has 0 aliphatic heterocycles. The van der Waals surface area contributed by atoms with E-state index in [0.717, 1.165) is 5.19 Å². The predicted octanol–water partition coefficient (Wildman–Crippen LogP) is 0.789. The fraction of sp³-hybridized carbons (Fsp3) is 0.143. The maximum absolute atomic E-state index is 3.41. The van der Waals surface area contributed by atoms with Gasteiger partial charge in [-0.1, -0.05) is 35.0 Å². The summed E-state index contributed by atoms with van der Waals surface area (Å²) in [4.78, 5) is 0. The molecule has 3 radical (unpaired) electrons. The minimum absolute atomic E-state index is 1.14. The standard InChI is InChI=1S/C7H7Si/c1-6-3-2-4-7(8)5-6/h2-5H,1H3. The Hall–Kier alpha value is -0.563. The second kappa shape index (κ2) is 2.14. The first-order valence-electron chi connectivity index (χ1n) is 2.57. The summed E-state index contributed by atoms with van der Waals surface area (Å²) >= 11 is 0. The van der Waals surface area contributed by atoms with Crippen molar-refractivity contribution in [1.29, 1.82) is 0 Å². The molecule has 0 bridgehead atoms. The molecule has 1 rings (SSSR count). The Balaban J connectivity index is 3.08. The molecule has 8 heavy (non-hydrogen) atoms. The lowest BCUT2D eigenvalue weighted by Gasteiger charge is -1.90. The van der Waals surface area contributed by atoms with Crippen molar-refractivity contribution in [2.75, 3.05) is 0 Å². The summed E-state index contributed by atoms with van der Waals surface area (Å²) in [5.74, 6) is 0. The third kappa shape index (κ3) is 1.20. The summed E-state index contributed by atoms with van der Waals surface area (Å²) in [5, 5.41) is 1.14. The lowest BCUT2D eigenvalue weighted by Crippen LogP contribution is -1.99. The van der Waals surface area contributed by atoms with Gasteiger partial charge in [0.1, 0.15) is 0 Å². The lowest BCUT2D eigenvalue weighted by atomic mass is 10.2. The van der Waals surface area contributed by atoms with E-state index >= 15 is 0 Å². The molecule has 0 fully saturated rings. The number of aryl methyl sites for hydroxylation is 1. The zero-order valence-corrected chi connectivity index (χ0v) is 5.81. The summed E-state index contributed by atoms with van der Waals surface area (Å²) in [5.41, 5.74) is 1.29. The van der Waals surface area contributed by atoms with E-state index in [1.54, 1.807) is 0 Å². The molecular formula is C7H7Si. The highest BCUT2D eigenvalue weighted by molar-refractivity contribution is 6.32. The molecule has 0 aliphatic carbocycles. The third-order valence-corrected chi connectivity index (χ3v) is 1.33. The van der Waals surface area contributed by atoms with Crippen LogP contribution in [0.3, 0.4) is 0 Å². The first-order valence-corrected chi connectivity index (χ1v) is 3.07. The molecule has 0 atom stereocenters. The van der Waals surface area contributed by atoms with Crippen LogP contribution in [0.25, 0.3) is 0 Å². The van der Waals surface area contributed by atoms with Crippen molar-refractivity contribution in [3.8, 4) is 0 Å². The molecule has 0 saturated carbocycles. The summed E-state index contributed by atoms with van der Waals surface area (Å²) in [6.45, 7) is 2.07. The van der Waals surface area contributed by atoms with Gasteiger partial charge in [0.2, 0.25) is 0 Å². The van der Waals surface area contributed by atoms with Gasteiger partial charge in [-0.25, -0.2) is 0 Å². The largest absolute Gasteiger partial charge is 0.0711 e. The molecule has 39 valence electrons. The van der Waals surface area contributed by atoms with Crippen LogP contribution >= 0.6 is 0 Å². The van der Waals surface area contributed by atoms with Crippen molar-refractivity contribution in [3.05, 3.63) is 29.8 Å². The maximum Gasteiger partial charge on any atom is 0.0711 e. The number of benzene rings is 1. The van der Waals surface area contributed by atoms with E-state index in [9.17, 15) is 0 Å². The van der Waals surface area contributed by atoms with Gasteiger partial charge < -0.3 is 0 Å². The predicted molar refractivity (Wildman–Crippen MR) is 36.6 cm³/mol. The fourth-order valence-corrected chi connectivity index (χ4v) is 0.969. The zero-order valence-electron chi connectivity index (χ0n) is 4.81. The molecule has 0 N–H and O–H groups in total. The first kappa shape index (κ1) is 5.57. The average Bonchev–Trinajstić information content (AvgIpc) is 1.64. The summed E-state index contributed by atoms with van der Waals surface area (Å²) in [6.07, 6.45) is 0. The molecule has 1 aromatic rings. The molecule has 0 saturated heterocycles. The van der Waals surface area contributed by atoms with E-state index in [1.807, 2.05) is 12.1 Å². The minimum Gasteiger partial charge on any atom is -0.0671 e. The summed E-state index contributed by atoms with van der Waals surface area (Å²) in [6, 6.07) is 8.20. The molecule has 0 aliphatic rings. The van der Waals surface area contributed by atoms with Crippen LogP contribution in [0.5, 0.6) is 0 Å². The SMILES string of the molecule is Cc1cccc([Si])c1. The monoisotopic (exact) mass is 119 g/mol. The second-order valence-corrected chi connectivity index (χ2v) is 2.45. The first-order chi connectivity index (χ1) is 3.79. The van der Waals surface area contributed by atoms with Crippen molar-refractivity contribution < 1.29 is 0 Å². The van der Waals surface area contributed by atoms with Gasteiger partial charge in [0.05, 0.1) is 10.2 Å². The summed E-state index contributed by atoms with van der Waals surface area (Å²) < 4.78 is 0. The number of hydrogen-bond acceptors (Lipinski definition) is 0. The minimum atomic E-state index is 1.14. The smallest absolute Gasteiger partial charge is 0.0671 e. The number of hydrogen-bond donors (Lipinski definition) is 0. The van der Waals surface area contributed by atoms with Crippen LogP contribution in [-0.4, -0.2) is 10.2 Å². The van der Waals surface area contributed by atoms with Gasteiger partial charge in [-0.05, 0) is 6.92 Å². The third-order valence-electron chi connectivity index (χ3n) is 1.02. The second-order valence-electron chi connectivity index (χ2n) is 1.87. The van der Waals surface area contributed by atoms with Crippen molar-refractivity contribution in [1.82, 2.24) is 0 Å². The highest BCUT2D eigenvalue weighted by Gasteiger charge is 1.80. The molecule has 0 aromatic heterocycles. The van der Waals surface area contributed by atoms with E-state index < -0.39 is 0 Å². The Morgan fingerprint density at radius 2 is 2.12 bits per heavy atom. The topological polar surface area (TPSA) is 0 Å². The highest BCUT2D eigenvalue weighted by Crippen LogP contribution is 1.89.